The summed E-state index contributed by atoms with van der Waals surface area (Å²) >= 11 is 0. The van der Waals surface area contributed by atoms with Gasteiger partial charge in [-0.2, -0.15) is 0 Å². The largest absolute Gasteiger partial charge is 0.476 e. The highest BCUT2D eigenvalue weighted by molar-refractivity contribution is 7.63. The maximum Gasteiger partial charge on any atom is 0.476 e. The van der Waals surface area contributed by atoms with Crippen molar-refractivity contribution < 1.29 is 13.9 Å². The first-order valence-electron chi connectivity index (χ1n) is 11.9. The van der Waals surface area contributed by atoms with Crippen LogP contribution in [0.25, 0.3) is 0 Å². The van der Waals surface area contributed by atoms with E-state index in [1.807, 2.05) is 36.4 Å². The fraction of sp³-hybridized carbons (Fsp3) is 0.538. The van der Waals surface area contributed by atoms with E-state index in [0.717, 1.165) is 24.0 Å². The lowest BCUT2D eigenvalue weighted by Crippen LogP contribution is -2.48. The lowest BCUT2D eigenvalue weighted by Gasteiger charge is -2.34. The molecule has 2 saturated heterocycles. The van der Waals surface area contributed by atoms with Gasteiger partial charge in [-0.25, -0.2) is 0 Å². The molecule has 2 fully saturated rings. The first-order valence-corrected chi connectivity index (χ1v) is 13.7. The number of nitrogens with one attached hydrogen (secondary N) is 1. The minimum absolute atomic E-state index is 0.0161. The van der Waals surface area contributed by atoms with Crippen molar-refractivity contribution in [2.75, 3.05) is 0 Å². The Morgan fingerprint density at radius 2 is 1.25 bits per heavy atom. The van der Waals surface area contributed by atoms with Crippen LogP contribution in [-0.4, -0.2) is 24.3 Å². The van der Waals surface area contributed by atoms with E-state index in [-0.39, 0.29) is 23.2 Å². The van der Waals surface area contributed by atoms with E-state index in [9.17, 15) is 0 Å². The molecule has 4 rings (SSSR count). The highest BCUT2D eigenvalue weighted by Gasteiger charge is 2.57. The SMILES string of the molecule is CC(C)[C@H](NP1(=O)[C@H](c2ccccc2)CC[C@H]1c1ccccc1)B1OC(C)(C)C(C)(C)O1. The summed E-state index contributed by atoms with van der Waals surface area (Å²) < 4.78 is 27.9. The molecule has 6 heteroatoms. The molecule has 0 aromatic heterocycles. The van der Waals surface area contributed by atoms with Crippen molar-refractivity contribution in [1.29, 1.82) is 0 Å². The van der Waals surface area contributed by atoms with Crippen LogP contribution in [0.15, 0.2) is 60.7 Å². The number of hydrogen-bond donors (Lipinski definition) is 1. The van der Waals surface area contributed by atoms with Gasteiger partial charge in [-0.05, 0) is 57.6 Å². The van der Waals surface area contributed by atoms with E-state index >= 15 is 4.57 Å². The van der Waals surface area contributed by atoms with Gasteiger partial charge in [-0.1, -0.05) is 74.5 Å². The van der Waals surface area contributed by atoms with E-state index in [1.165, 1.54) is 0 Å². The van der Waals surface area contributed by atoms with Gasteiger partial charge in [0.05, 0.1) is 28.5 Å². The zero-order valence-corrected chi connectivity index (χ0v) is 21.1. The summed E-state index contributed by atoms with van der Waals surface area (Å²) in [5.41, 5.74) is 1.43. The molecule has 2 aliphatic heterocycles. The smallest absolute Gasteiger partial charge is 0.402 e. The third kappa shape index (κ3) is 4.25. The molecule has 0 amide bonds. The standard InChI is InChI=1S/C26H37BNO3P/c1-19(2)24(27-30-25(3,4)26(5,6)31-27)28-32(29)22(20-13-9-7-10-14-20)17-18-23(32)21-15-11-8-12-16-21/h7-16,19,22-24H,17-18H2,1-6H3,(H,28,29)/t22-,23-,24-/m0/s1. The van der Waals surface area contributed by atoms with E-state index in [2.05, 4.69) is 70.9 Å². The number of benzene rings is 2. The van der Waals surface area contributed by atoms with Crippen molar-refractivity contribution in [1.82, 2.24) is 5.09 Å². The van der Waals surface area contributed by atoms with Crippen LogP contribution in [0.1, 0.15) is 76.8 Å². The van der Waals surface area contributed by atoms with Gasteiger partial charge in [0.25, 0.3) is 0 Å². The van der Waals surface area contributed by atoms with Gasteiger partial charge in [-0.3, -0.25) is 5.09 Å². The van der Waals surface area contributed by atoms with Gasteiger partial charge in [-0.15, -0.1) is 0 Å². The Morgan fingerprint density at radius 1 is 0.844 bits per heavy atom. The molecule has 2 aliphatic rings. The lowest BCUT2D eigenvalue weighted by atomic mass is 9.73. The fourth-order valence-electron chi connectivity index (χ4n) is 5.02. The van der Waals surface area contributed by atoms with Crippen LogP contribution in [0.4, 0.5) is 0 Å². The van der Waals surface area contributed by atoms with Crippen molar-refractivity contribution >= 4 is 14.4 Å². The van der Waals surface area contributed by atoms with Crippen LogP contribution in [0.5, 0.6) is 0 Å². The Hall–Kier alpha value is -1.39. The first kappa shape index (κ1) is 23.8. The maximum atomic E-state index is 15.0. The molecule has 2 aromatic carbocycles. The highest BCUT2D eigenvalue weighted by atomic mass is 31.2. The topological polar surface area (TPSA) is 47.6 Å². The molecular formula is C26H37BNO3P. The molecule has 0 unspecified atom stereocenters. The van der Waals surface area contributed by atoms with Gasteiger partial charge < -0.3 is 13.9 Å². The minimum atomic E-state index is -2.89. The van der Waals surface area contributed by atoms with E-state index in [4.69, 9.17) is 9.31 Å². The molecule has 4 nitrogen and oxygen atoms in total. The van der Waals surface area contributed by atoms with Crippen LogP contribution in [0, 0.1) is 5.92 Å². The van der Waals surface area contributed by atoms with Crippen LogP contribution in [0.2, 0.25) is 0 Å². The van der Waals surface area contributed by atoms with Crippen molar-refractivity contribution in [3.8, 4) is 0 Å². The molecule has 0 saturated carbocycles. The Kier molecular flexibility index (Phi) is 6.50. The zero-order valence-electron chi connectivity index (χ0n) is 20.2. The summed E-state index contributed by atoms with van der Waals surface area (Å²) in [6.07, 6.45) is 1.81. The second kappa shape index (κ2) is 8.76. The van der Waals surface area contributed by atoms with Gasteiger partial charge in [0.15, 0.2) is 7.29 Å². The Balaban J connectivity index is 1.72. The average Bonchev–Trinajstić information content (AvgIpc) is 3.19. The molecule has 0 aliphatic carbocycles. The zero-order chi connectivity index (χ0) is 23.1. The molecule has 2 aromatic rings. The van der Waals surface area contributed by atoms with Crippen LogP contribution >= 0.6 is 7.29 Å². The molecule has 32 heavy (non-hydrogen) atoms. The first-order chi connectivity index (χ1) is 15.1. The van der Waals surface area contributed by atoms with Gasteiger partial charge >= 0.3 is 7.12 Å². The Bertz CT molecular complexity index is 896. The molecule has 0 radical (unpaired) electrons. The molecule has 172 valence electrons. The predicted molar refractivity (Wildman–Crippen MR) is 133 cm³/mol. The van der Waals surface area contributed by atoms with Crippen molar-refractivity contribution in [3.05, 3.63) is 71.8 Å². The second-order valence-corrected chi connectivity index (χ2v) is 13.6. The number of rotatable bonds is 6. The van der Waals surface area contributed by atoms with Crippen LogP contribution < -0.4 is 5.09 Å². The van der Waals surface area contributed by atoms with Crippen molar-refractivity contribution in [2.24, 2.45) is 5.92 Å². The van der Waals surface area contributed by atoms with Crippen molar-refractivity contribution in [2.45, 2.75) is 82.8 Å². The lowest BCUT2D eigenvalue weighted by molar-refractivity contribution is 0.00578. The molecule has 0 bridgehead atoms. The minimum Gasteiger partial charge on any atom is -0.402 e. The van der Waals surface area contributed by atoms with Gasteiger partial charge in [0, 0.05) is 0 Å². The van der Waals surface area contributed by atoms with Crippen LogP contribution in [0.3, 0.4) is 0 Å². The number of hydrogen-bond acceptors (Lipinski definition) is 3. The Morgan fingerprint density at radius 3 is 1.62 bits per heavy atom. The quantitative estimate of drug-likeness (QED) is 0.387. The summed E-state index contributed by atoms with van der Waals surface area (Å²) in [5.74, 6) is 0.0291. The third-order valence-corrected chi connectivity index (χ3v) is 11.3. The van der Waals surface area contributed by atoms with E-state index < -0.39 is 25.6 Å². The monoisotopic (exact) mass is 453 g/mol. The summed E-state index contributed by atoms with van der Waals surface area (Å²) in [6, 6.07) is 20.7. The molecule has 0 spiro atoms. The predicted octanol–water partition coefficient (Wildman–Crippen LogP) is 6.79. The van der Waals surface area contributed by atoms with Crippen molar-refractivity contribution in [3.63, 3.8) is 0 Å². The summed E-state index contributed by atoms with van der Waals surface area (Å²) in [6.45, 7) is 12.6. The van der Waals surface area contributed by atoms with Gasteiger partial charge in [0.2, 0.25) is 0 Å². The second-order valence-electron chi connectivity index (χ2n) is 10.7. The Labute approximate surface area is 194 Å². The summed E-state index contributed by atoms with van der Waals surface area (Å²) in [4.78, 5) is 0. The molecule has 1 N–H and O–H groups in total. The third-order valence-electron chi connectivity index (χ3n) is 7.64. The van der Waals surface area contributed by atoms with Gasteiger partial charge in [0.1, 0.15) is 0 Å². The molecule has 3 atom stereocenters. The average molecular weight is 453 g/mol. The maximum absolute atomic E-state index is 15.0. The fourth-order valence-corrected chi connectivity index (χ4v) is 8.99. The molecular weight excluding hydrogens is 416 g/mol. The normalized spacial score (nSPS) is 27.0. The summed E-state index contributed by atoms with van der Waals surface area (Å²) in [5, 5.41) is 3.71. The highest BCUT2D eigenvalue weighted by Crippen LogP contribution is 2.74. The van der Waals surface area contributed by atoms with E-state index in [1.54, 1.807) is 0 Å². The van der Waals surface area contributed by atoms with E-state index in [0.29, 0.717) is 0 Å². The van der Waals surface area contributed by atoms with Crippen LogP contribution in [-0.2, 0) is 13.9 Å². The summed E-state index contributed by atoms with van der Waals surface area (Å²) in [7, 11) is -3.34. The molecule has 2 heterocycles.